The minimum Gasteiger partial charge on any atom is -0.363 e. The number of rotatable bonds is 3. The van der Waals surface area contributed by atoms with Crippen LogP contribution in [-0.2, 0) is 6.54 Å². The summed E-state index contributed by atoms with van der Waals surface area (Å²) in [5.41, 5.74) is 0.0594. The Labute approximate surface area is 106 Å². The minimum absolute atomic E-state index is 0.0594. The minimum atomic E-state index is -0.726. The van der Waals surface area contributed by atoms with Gasteiger partial charge in [-0.3, -0.25) is 0 Å². The summed E-state index contributed by atoms with van der Waals surface area (Å²) >= 11 is 5.49. The lowest BCUT2D eigenvalue weighted by Crippen LogP contribution is -2.06. The zero-order chi connectivity index (χ0) is 13.1. The highest BCUT2D eigenvalue weighted by atomic mass is 35.5. The lowest BCUT2D eigenvalue weighted by atomic mass is 10.2. The molecule has 0 radical (unpaired) electrons. The van der Waals surface area contributed by atoms with Gasteiger partial charge in [-0.05, 0) is 29.8 Å². The van der Waals surface area contributed by atoms with Crippen molar-refractivity contribution < 1.29 is 13.2 Å². The van der Waals surface area contributed by atoms with Crippen molar-refractivity contribution in [2.75, 3.05) is 5.32 Å². The smallest absolute Gasteiger partial charge is 0.224 e. The van der Waals surface area contributed by atoms with Crippen LogP contribution in [-0.4, -0.2) is 9.97 Å². The summed E-state index contributed by atoms with van der Waals surface area (Å²) in [5, 5.41) is 2.38. The molecule has 0 spiro atoms. The zero-order valence-corrected chi connectivity index (χ0v) is 9.68. The number of halogens is 4. The molecule has 0 atom stereocenters. The maximum atomic E-state index is 13.3. The molecule has 3 nitrogen and oxygen atoms in total. The molecular weight excluding hydrogens is 267 g/mol. The van der Waals surface area contributed by atoms with Gasteiger partial charge >= 0.3 is 0 Å². The molecular formula is C11H7ClF3N3. The van der Waals surface area contributed by atoms with Gasteiger partial charge in [0.2, 0.25) is 5.28 Å². The van der Waals surface area contributed by atoms with Crippen LogP contribution in [0.4, 0.5) is 19.0 Å². The second-order valence-corrected chi connectivity index (χ2v) is 3.76. The van der Waals surface area contributed by atoms with E-state index in [1.807, 2.05) is 0 Å². The molecule has 2 aromatic rings. The number of hydrogen-bond donors (Lipinski definition) is 1. The average molecular weight is 274 g/mol. The zero-order valence-electron chi connectivity index (χ0n) is 8.92. The van der Waals surface area contributed by atoms with Gasteiger partial charge in [-0.25, -0.2) is 18.2 Å². The summed E-state index contributed by atoms with van der Waals surface area (Å²) in [4.78, 5) is 7.02. The second kappa shape index (κ2) is 5.22. The van der Waals surface area contributed by atoms with Gasteiger partial charge in [0.25, 0.3) is 0 Å². The third-order valence-corrected chi connectivity index (χ3v) is 2.35. The molecule has 0 saturated heterocycles. The van der Waals surface area contributed by atoms with Crippen molar-refractivity contribution >= 4 is 17.4 Å². The first-order valence-electron chi connectivity index (χ1n) is 4.92. The highest BCUT2D eigenvalue weighted by Crippen LogP contribution is 2.15. The van der Waals surface area contributed by atoms with E-state index in [4.69, 9.17) is 11.6 Å². The van der Waals surface area contributed by atoms with Gasteiger partial charge < -0.3 is 5.32 Å². The van der Waals surface area contributed by atoms with Gasteiger partial charge in [0.15, 0.2) is 11.6 Å². The lowest BCUT2D eigenvalue weighted by molar-refractivity contribution is 0.586. The van der Waals surface area contributed by atoms with Crippen molar-refractivity contribution in [3.05, 3.63) is 52.7 Å². The molecule has 1 heterocycles. The molecule has 0 bridgehead atoms. The van der Waals surface area contributed by atoms with Crippen molar-refractivity contribution in [3.8, 4) is 0 Å². The first-order valence-corrected chi connectivity index (χ1v) is 5.30. The Bertz CT molecular complexity index is 526. The summed E-state index contributed by atoms with van der Waals surface area (Å²) in [6.07, 6.45) is 0.888. The normalized spacial score (nSPS) is 10.4. The average Bonchev–Trinajstić information content (AvgIpc) is 2.34. The number of nitrogens with zero attached hydrogens (tertiary/aromatic N) is 2. The molecule has 2 rings (SSSR count). The van der Waals surface area contributed by atoms with Gasteiger partial charge in [-0.2, -0.15) is 4.98 Å². The van der Waals surface area contributed by atoms with Crippen molar-refractivity contribution in [2.24, 2.45) is 0 Å². The highest BCUT2D eigenvalue weighted by molar-refractivity contribution is 6.28. The fourth-order valence-corrected chi connectivity index (χ4v) is 1.46. The van der Waals surface area contributed by atoms with Crippen LogP contribution in [0.1, 0.15) is 5.56 Å². The predicted molar refractivity (Wildman–Crippen MR) is 60.7 cm³/mol. The van der Waals surface area contributed by atoms with Crippen LogP contribution < -0.4 is 5.32 Å². The van der Waals surface area contributed by atoms with Crippen LogP contribution >= 0.6 is 11.6 Å². The quantitative estimate of drug-likeness (QED) is 0.873. The van der Waals surface area contributed by atoms with E-state index in [1.165, 1.54) is 0 Å². The molecule has 0 saturated carbocycles. The van der Waals surface area contributed by atoms with E-state index in [2.05, 4.69) is 15.3 Å². The molecule has 1 aromatic carbocycles. The van der Waals surface area contributed by atoms with Gasteiger partial charge in [-0.1, -0.05) is 0 Å². The third kappa shape index (κ3) is 2.89. The monoisotopic (exact) mass is 273 g/mol. The number of hydrogen-bond acceptors (Lipinski definition) is 3. The third-order valence-electron chi connectivity index (χ3n) is 2.17. The van der Waals surface area contributed by atoms with Crippen LogP contribution in [0, 0.1) is 17.5 Å². The molecule has 0 amide bonds. The molecule has 94 valence electrons. The largest absolute Gasteiger partial charge is 0.363 e. The predicted octanol–water partition coefficient (Wildman–Crippen LogP) is 3.16. The first-order chi connectivity index (χ1) is 8.56. The van der Waals surface area contributed by atoms with Gasteiger partial charge in [0.1, 0.15) is 11.6 Å². The summed E-state index contributed by atoms with van der Waals surface area (Å²) in [6, 6.07) is 3.01. The fourth-order valence-electron chi connectivity index (χ4n) is 1.33. The maximum Gasteiger partial charge on any atom is 0.224 e. The topological polar surface area (TPSA) is 37.8 Å². The molecule has 1 N–H and O–H groups in total. The van der Waals surface area contributed by atoms with Gasteiger partial charge in [0.05, 0.1) is 6.20 Å². The molecule has 0 fully saturated rings. The molecule has 7 heteroatoms. The Hall–Kier alpha value is -1.82. The number of nitrogens with one attached hydrogen (secondary N) is 1. The van der Waals surface area contributed by atoms with Crippen molar-refractivity contribution in [1.82, 2.24) is 9.97 Å². The fraction of sp³-hybridized carbons (Fsp3) is 0.0909. The molecule has 0 aliphatic carbocycles. The number of anilines is 1. The summed E-state index contributed by atoms with van der Waals surface area (Å²) in [6.45, 7) is -0.117. The lowest BCUT2D eigenvalue weighted by Gasteiger charge is -2.07. The van der Waals surface area contributed by atoms with Crippen LogP contribution in [0.15, 0.2) is 24.4 Å². The van der Waals surface area contributed by atoms with Crippen LogP contribution in [0.5, 0.6) is 0 Å². The van der Waals surface area contributed by atoms with Crippen molar-refractivity contribution in [1.29, 1.82) is 0 Å². The van der Waals surface area contributed by atoms with Crippen LogP contribution in [0.2, 0.25) is 5.28 Å². The van der Waals surface area contributed by atoms with E-state index in [9.17, 15) is 13.2 Å². The second-order valence-electron chi connectivity index (χ2n) is 3.42. The Kier molecular flexibility index (Phi) is 3.66. The Morgan fingerprint density at radius 3 is 2.72 bits per heavy atom. The van der Waals surface area contributed by atoms with Gasteiger partial charge in [-0.15, -0.1) is 0 Å². The van der Waals surface area contributed by atoms with Gasteiger partial charge in [0, 0.05) is 12.1 Å². The molecule has 18 heavy (non-hydrogen) atoms. The van der Waals surface area contributed by atoms with Crippen molar-refractivity contribution in [2.45, 2.75) is 6.54 Å². The maximum absolute atomic E-state index is 13.3. The van der Waals surface area contributed by atoms with E-state index in [0.717, 1.165) is 24.4 Å². The summed E-state index contributed by atoms with van der Waals surface area (Å²) in [5.74, 6) is -2.06. The summed E-state index contributed by atoms with van der Waals surface area (Å²) < 4.78 is 39.4. The molecule has 0 unspecified atom stereocenters. The van der Waals surface area contributed by atoms with E-state index in [1.54, 1.807) is 0 Å². The highest BCUT2D eigenvalue weighted by Gasteiger charge is 2.08. The van der Waals surface area contributed by atoms with Crippen LogP contribution in [0.3, 0.4) is 0 Å². The summed E-state index contributed by atoms with van der Waals surface area (Å²) in [7, 11) is 0. The van der Waals surface area contributed by atoms with Crippen molar-refractivity contribution in [3.63, 3.8) is 0 Å². The Morgan fingerprint density at radius 1 is 1.17 bits per heavy atom. The SMILES string of the molecule is Fc1ccc(F)c(CNc2nc(Cl)ncc2F)c1. The molecule has 0 aliphatic heterocycles. The Morgan fingerprint density at radius 2 is 1.94 bits per heavy atom. The van der Waals surface area contributed by atoms with E-state index < -0.39 is 17.5 Å². The van der Waals surface area contributed by atoms with E-state index in [0.29, 0.717) is 0 Å². The number of benzene rings is 1. The van der Waals surface area contributed by atoms with Crippen LogP contribution in [0.25, 0.3) is 0 Å². The van der Waals surface area contributed by atoms with E-state index in [-0.39, 0.29) is 23.2 Å². The molecule has 0 aliphatic rings. The Balaban J connectivity index is 2.16. The number of aromatic nitrogens is 2. The molecule has 1 aromatic heterocycles. The standard InChI is InChI=1S/C11H7ClF3N3/c12-11-17-5-9(15)10(18-11)16-4-6-3-7(13)1-2-8(6)14/h1-3,5H,4H2,(H,16,17,18). The van der Waals surface area contributed by atoms with E-state index >= 15 is 0 Å². The first kappa shape index (κ1) is 12.6.